The number of hydrogen-bond acceptors (Lipinski definition) is 2. The highest BCUT2D eigenvalue weighted by atomic mass is 35.5. The van der Waals surface area contributed by atoms with Gasteiger partial charge in [-0.2, -0.15) is 0 Å². The Hall–Kier alpha value is -0.730. The Morgan fingerprint density at radius 2 is 2.38 bits per heavy atom. The molecule has 2 nitrogen and oxygen atoms in total. The lowest BCUT2D eigenvalue weighted by Gasteiger charge is -2.12. The van der Waals surface area contributed by atoms with Gasteiger partial charge in [-0.15, -0.1) is 6.58 Å². The van der Waals surface area contributed by atoms with Gasteiger partial charge in [-0.25, -0.2) is 0 Å². The lowest BCUT2D eigenvalue weighted by Crippen LogP contribution is -2.15. The summed E-state index contributed by atoms with van der Waals surface area (Å²) in [4.78, 5) is 0. The third kappa shape index (κ3) is 2.90. The van der Waals surface area contributed by atoms with Gasteiger partial charge < -0.3 is 9.73 Å². The number of rotatable bonds is 4. The van der Waals surface area contributed by atoms with Gasteiger partial charge in [0.15, 0.2) is 5.22 Å². The molecular weight excluding hydrogens is 186 g/mol. The van der Waals surface area contributed by atoms with E-state index in [-0.39, 0.29) is 6.04 Å². The van der Waals surface area contributed by atoms with E-state index in [0.29, 0.717) is 5.22 Å². The van der Waals surface area contributed by atoms with Gasteiger partial charge in [0.25, 0.3) is 0 Å². The quantitative estimate of drug-likeness (QED) is 0.754. The van der Waals surface area contributed by atoms with Crippen LogP contribution in [0.5, 0.6) is 0 Å². The van der Waals surface area contributed by atoms with Gasteiger partial charge in [0.1, 0.15) is 5.76 Å². The van der Waals surface area contributed by atoms with Crippen LogP contribution in [0.1, 0.15) is 25.1 Å². The van der Waals surface area contributed by atoms with Crippen molar-refractivity contribution in [3.8, 4) is 0 Å². The van der Waals surface area contributed by atoms with Crippen LogP contribution in [0.3, 0.4) is 0 Å². The van der Waals surface area contributed by atoms with Crippen molar-refractivity contribution >= 4 is 11.6 Å². The highest BCUT2D eigenvalue weighted by Crippen LogP contribution is 2.23. The van der Waals surface area contributed by atoms with E-state index in [2.05, 4.69) is 11.9 Å². The molecule has 0 bridgehead atoms. The maximum Gasteiger partial charge on any atom is 0.193 e. The number of halogens is 1. The van der Waals surface area contributed by atoms with E-state index in [4.69, 9.17) is 16.0 Å². The molecule has 1 N–H and O–H groups in total. The standard InChI is InChI=1S/C10H14ClNO/c1-7(2)6-8(12-3)9-4-5-10(11)13-9/h4-5,8,12H,1,6H2,2-3H3. The van der Waals surface area contributed by atoms with E-state index in [1.54, 1.807) is 6.07 Å². The second kappa shape index (κ2) is 4.49. The van der Waals surface area contributed by atoms with E-state index in [1.807, 2.05) is 20.0 Å². The number of nitrogens with one attached hydrogen (secondary N) is 1. The minimum absolute atomic E-state index is 0.171. The van der Waals surface area contributed by atoms with Crippen LogP contribution in [0.25, 0.3) is 0 Å². The van der Waals surface area contributed by atoms with Crippen LogP contribution in [0.15, 0.2) is 28.7 Å². The maximum absolute atomic E-state index is 5.68. The summed E-state index contributed by atoms with van der Waals surface area (Å²) >= 11 is 5.68. The summed E-state index contributed by atoms with van der Waals surface area (Å²) in [6.45, 7) is 5.86. The first-order chi connectivity index (χ1) is 6.13. The van der Waals surface area contributed by atoms with Crippen LogP contribution in [0, 0.1) is 0 Å². The van der Waals surface area contributed by atoms with Crippen molar-refractivity contribution in [3.63, 3.8) is 0 Å². The molecule has 0 radical (unpaired) electrons. The first-order valence-electron chi connectivity index (χ1n) is 4.20. The van der Waals surface area contributed by atoms with Crippen LogP contribution in [-0.4, -0.2) is 7.05 Å². The summed E-state index contributed by atoms with van der Waals surface area (Å²) in [6, 6.07) is 3.80. The van der Waals surface area contributed by atoms with Crippen molar-refractivity contribution in [3.05, 3.63) is 35.3 Å². The van der Waals surface area contributed by atoms with E-state index in [0.717, 1.165) is 17.8 Å². The fourth-order valence-corrected chi connectivity index (χ4v) is 1.36. The van der Waals surface area contributed by atoms with Crippen LogP contribution >= 0.6 is 11.6 Å². The predicted octanol–water partition coefficient (Wildman–Crippen LogP) is 3.16. The molecule has 0 aliphatic carbocycles. The molecule has 13 heavy (non-hydrogen) atoms. The fraction of sp³-hybridized carbons (Fsp3) is 0.400. The highest BCUT2D eigenvalue weighted by Gasteiger charge is 2.12. The largest absolute Gasteiger partial charge is 0.448 e. The molecule has 1 aromatic rings. The first-order valence-corrected chi connectivity index (χ1v) is 4.58. The Kier molecular flexibility index (Phi) is 3.58. The van der Waals surface area contributed by atoms with Crippen LogP contribution in [0.2, 0.25) is 5.22 Å². The molecule has 1 aromatic heterocycles. The van der Waals surface area contributed by atoms with Gasteiger partial charge >= 0.3 is 0 Å². The predicted molar refractivity (Wildman–Crippen MR) is 54.9 cm³/mol. The third-order valence-electron chi connectivity index (χ3n) is 1.84. The monoisotopic (exact) mass is 199 g/mol. The Labute approximate surface area is 83.6 Å². The third-order valence-corrected chi connectivity index (χ3v) is 2.04. The fourth-order valence-electron chi connectivity index (χ4n) is 1.21. The van der Waals surface area contributed by atoms with Crippen molar-refractivity contribution in [2.75, 3.05) is 7.05 Å². The lowest BCUT2D eigenvalue weighted by atomic mass is 10.1. The lowest BCUT2D eigenvalue weighted by molar-refractivity contribution is 0.430. The average Bonchev–Trinajstić information content (AvgIpc) is 2.47. The Bertz CT molecular complexity index is 293. The second-order valence-corrected chi connectivity index (χ2v) is 3.52. The average molecular weight is 200 g/mol. The van der Waals surface area contributed by atoms with E-state index in [1.165, 1.54) is 0 Å². The molecule has 3 heteroatoms. The summed E-state index contributed by atoms with van der Waals surface area (Å²) in [5, 5.41) is 3.58. The molecule has 0 saturated carbocycles. The summed E-state index contributed by atoms with van der Waals surface area (Å²) in [5.41, 5.74) is 1.12. The molecule has 0 saturated heterocycles. The van der Waals surface area contributed by atoms with Gasteiger partial charge in [0.2, 0.25) is 0 Å². The van der Waals surface area contributed by atoms with Gasteiger partial charge in [-0.3, -0.25) is 0 Å². The molecule has 0 spiro atoms. The molecule has 0 aliphatic rings. The van der Waals surface area contributed by atoms with Crippen molar-refractivity contribution < 1.29 is 4.42 Å². The zero-order valence-electron chi connectivity index (χ0n) is 7.93. The highest BCUT2D eigenvalue weighted by molar-refractivity contribution is 6.28. The Morgan fingerprint density at radius 3 is 2.77 bits per heavy atom. The summed E-state index contributed by atoms with van der Waals surface area (Å²) in [6.07, 6.45) is 0.861. The number of hydrogen-bond donors (Lipinski definition) is 1. The summed E-state index contributed by atoms with van der Waals surface area (Å²) in [7, 11) is 1.89. The molecule has 0 aromatic carbocycles. The molecule has 1 heterocycles. The first kappa shape index (κ1) is 10.4. The molecule has 0 amide bonds. The Morgan fingerprint density at radius 1 is 1.69 bits per heavy atom. The zero-order chi connectivity index (χ0) is 9.84. The minimum atomic E-state index is 0.171. The molecule has 0 aliphatic heterocycles. The van der Waals surface area contributed by atoms with Gasteiger partial charge in [0.05, 0.1) is 6.04 Å². The van der Waals surface area contributed by atoms with Crippen molar-refractivity contribution in [2.24, 2.45) is 0 Å². The topological polar surface area (TPSA) is 25.2 Å². The molecular formula is C10H14ClNO. The normalized spacial score (nSPS) is 12.8. The number of furan rings is 1. The minimum Gasteiger partial charge on any atom is -0.448 e. The van der Waals surface area contributed by atoms with Crippen LogP contribution < -0.4 is 5.32 Å². The van der Waals surface area contributed by atoms with Crippen molar-refractivity contribution in [2.45, 2.75) is 19.4 Å². The smallest absolute Gasteiger partial charge is 0.193 e. The van der Waals surface area contributed by atoms with Crippen LogP contribution in [-0.2, 0) is 0 Å². The van der Waals surface area contributed by atoms with E-state index < -0.39 is 0 Å². The van der Waals surface area contributed by atoms with E-state index >= 15 is 0 Å². The molecule has 72 valence electrons. The van der Waals surface area contributed by atoms with Crippen LogP contribution in [0.4, 0.5) is 0 Å². The summed E-state index contributed by atoms with van der Waals surface area (Å²) in [5.74, 6) is 0.857. The van der Waals surface area contributed by atoms with Gasteiger partial charge in [-0.05, 0) is 44.1 Å². The second-order valence-electron chi connectivity index (χ2n) is 3.14. The Balaban J connectivity index is 2.72. The molecule has 1 rings (SSSR count). The molecule has 1 unspecified atom stereocenters. The molecule has 1 atom stereocenters. The summed E-state index contributed by atoms with van der Waals surface area (Å²) < 4.78 is 5.30. The molecule has 0 fully saturated rings. The maximum atomic E-state index is 5.68. The van der Waals surface area contributed by atoms with E-state index in [9.17, 15) is 0 Å². The van der Waals surface area contributed by atoms with Gasteiger partial charge in [-0.1, -0.05) is 5.57 Å². The SMILES string of the molecule is C=C(C)CC(NC)c1ccc(Cl)o1. The zero-order valence-corrected chi connectivity index (χ0v) is 8.69. The van der Waals surface area contributed by atoms with Crippen molar-refractivity contribution in [1.29, 1.82) is 0 Å². The van der Waals surface area contributed by atoms with Crippen molar-refractivity contribution in [1.82, 2.24) is 5.32 Å². The van der Waals surface area contributed by atoms with Gasteiger partial charge in [0, 0.05) is 0 Å².